The van der Waals surface area contributed by atoms with Gasteiger partial charge in [-0.2, -0.15) is 12.6 Å². The van der Waals surface area contributed by atoms with Gasteiger partial charge < -0.3 is 5.32 Å². The van der Waals surface area contributed by atoms with Gasteiger partial charge in [-0.25, -0.2) is 0 Å². The molecule has 2 aromatic carbocycles. The first-order chi connectivity index (χ1) is 9.56. The van der Waals surface area contributed by atoms with Gasteiger partial charge in [0, 0.05) is 10.7 Å². The molecule has 0 fully saturated rings. The quantitative estimate of drug-likeness (QED) is 0.817. The lowest BCUT2D eigenvalue weighted by molar-refractivity contribution is -0.115. The van der Waals surface area contributed by atoms with Gasteiger partial charge in [0.2, 0.25) is 5.91 Å². The van der Waals surface area contributed by atoms with Gasteiger partial charge in [-0.05, 0) is 36.6 Å². The topological polar surface area (TPSA) is 29.1 Å². The van der Waals surface area contributed by atoms with Crippen LogP contribution in [0.25, 0.3) is 0 Å². The smallest absolute Gasteiger partial charge is 0.237 e. The number of thiol groups is 1. The van der Waals surface area contributed by atoms with Crippen molar-refractivity contribution in [3.63, 3.8) is 0 Å². The first kappa shape index (κ1) is 14.9. The van der Waals surface area contributed by atoms with Crippen molar-refractivity contribution in [2.45, 2.75) is 18.6 Å². The molecule has 1 amide bonds. The van der Waals surface area contributed by atoms with Crippen LogP contribution in [0, 0.1) is 6.92 Å². The zero-order chi connectivity index (χ0) is 14.5. The number of benzene rings is 2. The highest BCUT2D eigenvalue weighted by atomic mass is 35.5. The van der Waals surface area contributed by atoms with Crippen molar-refractivity contribution in [1.29, 1.82) is 0 Å². The number of hydrogen-bond donors (Lipinski definition) is 2. The maximum Gasteiger partial charge on any atom is 0.237 e. The molecule has 2 nitrogen and oxygen atoms in total. The van der Waals surface area contributed by atoms with E-state index >= 15 is 0 Å². The average molecular weight is 306 g/mol. The van der Waals surface area contributed by atoms with E-state index in [-0.39, 0.29) is 5.91 Å². The zero-order valence-corrected chi connectivity index (χ0v) is 12.8. The number of carbonyl (C=O) groups is 1. The van der Waals surface area contributed by atoms with Gasteiger partial charge >= 0.3 is 0 Å². The number of rotatable bonds is 4. The highest BCUT2D eigenvalue weighted by Crippen LogP contribution is 2.21. The highest BCUT2D eigenvalue weighted by Gasteiger charge is 2.15. The van der Waals surface area contributed by atoms with Gasteiger partial charge in [-0.1, -0.05) is 48.0 Å². The lowest BCUT2D eigenvalue weighted by Gasteiger charge is -2.13. The minimum atomic E-state index is -0.393. The summed E-state index contributed by atoms with van der Waals surface area (Å²) in [6, 6.07) is 15.3. The molecule has 104 valence electrons. The molecular formula is C16H16ClNOS. The maximum absolute atomic E-state index is 12.1. The van der Waals surface area contributed by atoms with Gasteiger partial charge in [0.15, 0.2) is 0 Å². The summed E-state index contributed by atoms with van der Waals surface area (Å²) in [5.74, 6) is -0.123. The summed E-state index contributed by atoms with van der Waals surface area (Å²) in [7, 11) is 0. The summed E-state index contributed by atoms with van der Waals surface area (Å²) >= 11 is 10.3. The molecule has 0 aliphatic heterocycles. The van der Waals surface area contributed by atoms with E-state index in [1.165, 1.54) is 0 Å². The molecule has 0 saturated heterocycles. The zero-order valence-electron chi connectivity index (χ0n) is 11.1. The van der Waals surface area contributed by atoms with Crippen molar-refractivity contribution in [2.24, 2.45) is 0 Å². The number of halogens is 1. The monoisotopic (exact) mass is 305 g/mol. The summed E-state index contributed by atoms with van der Waals surface area (Å²) in [6.45, 7) is 1.93. The number of amides is 1. The molecule has 0 spiro atoms. The number of nitrogens with one attached hydrogen (secondary N) is 1. The minimum absolute atomic E-state index is 0.123. The number of aryl methyl sites for hydroxylation is 1. The van der Waals surface area contributed by atoms with E-state index < -0.39 is 5.25 Å². The van der Waals surface area contributed by atoms with E-state index in [1.54, 1.807) is 12.1 Å². The number of carbonyl (C=O) groups excluding carboxylic acids is 1. The van der Waals surface area contributed by atoms with Crippen LogP contribution in [0.1, 0.15) is 11.1 Å². The number of hydrogen-bond acceptors (Lipinski definition) is 2. The Morgan fingerprint density at radius 1 is 1.25 bits per heavy atom. The molecule has 0 bridgehead atoms. The predicted octanol–water partition coefficient (Wildman–Crippen LogP) is 4.13. The first-order valence-corrected chi connectivity index (χ1v) is 7.24. The van der Waals surface area contributed by atoms with Crippen molar-refractivity contribution in [3.8, 4) is 0 Å². The molecule has 0 aliphatic carbocycles. The molecule has 1 unspecified atom stereocenters. The first-order valence-electron chi connectivity index (χ1n) is 6.35. The molecule has 0 saturated carbocycles. The molecule has 20 heavy (non-hydrogen) atoms. The largest absolute Gasteiger partial charge is 0.325 e. The fourth-order valence-corrected chi connectivity index (χ4v) is 2.32. The molecule has 0 aliphatic rings. The number of anilines is 1. The Balaban J connectivity index is 2.02. The van der Waals surface area contributed by atoms with Crippen LogP contribution in [0.15, 0.2) is 48.5 Å². The maximum atomic E-state index is 12.1. The van der Waals surface area contributed by atoms with Crippen molar-refractivity contribution in [3.05, 3.63) is 64.7 Å². The minimum Gasteiger partial charge on any atom is -0.325 e. The Morgan fingerprint density at radius 3 is 2.65 bits per heavy atom. The summed E-state index contributed by atoms with van der Waals surface area (Å²) in [6.07, 6.45) is 0.593. The van der Waals surface area contributed by atoms with Gasteiger partial charge in [0.05, 0.1) is 5.25 Å². The van der Waals surface area contributed by atoms with Gasteiger partial charge in [-0.15, -0.1) is 0 Å². The van der Waals surface area contributed by atoms with Crippen LogP contribution in [0.2, 0.25) is 5.02 Å². The summed E-state index contributed by atoms with van der Waals surface area (Å²) in [5, 5.41) is 3.08. The molecule has 1 N–H and O–H groups in total. The van der Waals surface area contributed by atoms with Gasteiger partial charge in [0.25, 0.3) is 0 Å². The van der Waals surface area contributed by atoms with Crippen LogP contribution < -0.4 is 5.32 Å². The van der Waals surface area contributed by atoms with Gasteiger partial charge in [-0.3, -0.25) is 4.79 Å². The van der Waals surface area contributed by atoms with E-state index in [0.29, 0.717) is 11.4 Å². The Kier molecular flexibility index (Phi) is 5.10. The lowest BCUT2D eigenvalue weighted by atomic mass is 10.1. The third-order valence-corrected chi connectivity index (χ3v) is 3.68. The lowest BCUT2D eigenvalue weighted by Crippen LogP contribution is -2.25. The summed E-state index contributed by atoms with van der Waals surface area (Å²) in [5.41, 5.74) is 2.79. The second kappa shape index (κ2) is 6.82. The summed E-state index contributed by atoms with van der Waals surface area (Å²) in [4.78, 5) is 12.1. The van der Waals surface area contributed by atoms with E-state index in [2.05, 4.69) is 17.9 Å². The van der Waals surface area contributed by atoms with Crippen LogP contribution in [0.5, 0.6) is 0 Å². The van der Waals surface area contributed by atoms with Crippen LogP contribution in [-0.2, 0) is 11.2 Å². The van der Waals surface area contributed by atoms with Crippen LogP contribution in [0.4, 0.5) is 5.69 Å². The second-order valence-electron chi connectivity index (χ2n) is 4.65. The Morgan fingerprint density at radius 2 is 1.95 bits per heavy atom. The Hall–Kier alpha value is -1.45. The van der Waals surface area contributed by atoms with E-state index in [1.807, 2.05) is 43.3 Å². The Bertz CT molecular complexity index is 601. The van der Waals surface area contributed by atoms with Crippen molar-refractivity contribution < 1.29 is 4.79 Å². The van der Waals surface area contributed by atoms with Gasteiger partial charge in [0.1, 0.15) is 0 Å². The second-order valence-corrected chi connectivity index (χ2v) is 5.71. The third kappa shape index (κ3) is 4.02. The molecule has 2 aromatic rings. The third-order valence-electron chi connectivity index (χ3n) is 3.03. The predicted molar refractivity (Wildman–Crippen MR) is 87.7 cm³/mol. The standard InChI is InChI=1S/C16H16ClNOS/c1-11-7-8-13(17)10-14(11)18-16(19)15(20)9-12-5-3-2-4-6-12/h2-8,10,15,20H,9H2,1H3,(H,18,19). The van der Waals surface area contributed by atoms with Crippen molar-refractivity contribution in [1.82, 2.24) is 0 Å². The van der Waals surface area contributed by atoms with Crippen molar-refractivity contribution >= 4 is 35.8 Å². The fraction of sp³-hybridized carbons (Fsp3) is 0.188. The van der Waals surface area contributed by atoms with Crippen LogP contribution in [-0.4, -0.2) is 11.2 Å². The van der Waals surface area contributed by atoms with E-state index in [0.717, 1.165) is 16.8 Å². The molecule has 4 heteroatoms. The van der Waals surface area contributed by atoms with Crippen LogP contribution in [0.3, 0.4) is 0 Å². The molecule has 0 radical (unpaired) electrons. The van der Waals surface area contributed by atoms with Crippen LogP contribution >= 0.6 is 24.2 Å². The highest BCUT2D eigenvalue weighted by molar-refractivity contribution is 7.81. The average Bonchev–Trinajstić information content (AvgIpc) is 2.44. The molecule has 0 heterocycles. The molecule has 1 atom stereocenters. The fourth-order valence-electron chi connectivity index (χ4n) is 1.87. The molecular weight excluding hydrogens is 290 g/mol. The molecule has 2 rings (SSSR count). The summed E-state index contributed by atoms with van der Waals surface area (Å²) < 4.78 is 0. The Labute approximate surface area is 129 Å². The van der Waals surface area contributed by atoms with E-state index in [9.17, 15) is 4.79 Å². The normalized spacial score (nSPS) is 11.9. The van der Waals surface area contributed by atoms with E-state index in [4.69, 9.17) is 11.6 Å². The molecule has 0 aromatic heterocycles. The SMILES string of the molecule is Cc1ccc(Cl)cc1NC(=O)C(S)Cc1ccccc1. The van der Waals surface area contributed by atoms with Crippen molar-refractivity contribution in [2.75, 3.05) is 5.32 Å².